The Morgan fingerprint density at radius 3 is 2.40 bits per heavy atom. The average molecular weight is 270 g/mol. The number of carbonyl (C=O) groups is 1. The molecule has 20 heavy (non-hydrogen) atoms. The Bertz CT molecular complexity index is 572. The van der Waals surface area contributed by atoms with Crippen LogP contribution in [-0.4, -0.2) is 21.5 Å². The maximum Gasteiger partial charge on any atom is 0.310 e. The van der Waals surface area contributed by atoms with Crippen molar-refractivity contribution < 1.29 is 9.53 Å². The monoisotopic (exact) mass is 270 g/mol. The summed E-state index contributed by atoms with van der Waals surface area (Å²) in [5.41, 5.74) is 1.98. The van der Waals surface area contributed by atoms with Gasteiger partial charge >= 0.3 is 5.97 Å². The van der Waals surface area contributed by atoms with Crippen molar-refractivity contribution in [2.24, 2.45) is 0 Å². The van der Waals surface area contributed by atoms with Crippen LogP contribution in [0.3, 0.4) is 0 Å². The second kappa shape index (κ2) is 5.82. The van der Waals surface area contributed by atoms with Gasteiger partial charge in [-0.1, -0.05) is 12.1 Å². The Kier molecular flexibility index (Phi) is 4.13. The lowest BCUT2D eigenvalue weighted by Crippen LogP contribution is -2.24. The molecule has 0 aromatic carbocycles. The molecule has 2 rings (SSSR count). The third-order valence-corrected chi connectivity index (χ3v) is 2.52. The molecular formula is C16H18N2O2. The summed E-state index contributed by atoms with van der Waals surface area (Å²) in [4.78, 5) is 20.3. The lowest BCUT2D eigenvalue weighted by Gasteiger charge is -2.19. The lowest BCUT2D eigenvalue weighted by atomic mass is 10.1. The molecule has 0 amide bonds. The molecule has 2 aromatic rings. The van der Waals surface area contributed by atoms with Gasteiger partial charge in [0.05, 0.1) is 17.8 Å². The van der Waals surface area contributed by atoms with E-state index in [1.54, 1.807) is 12.4 Å². The molecule has 0 atom stereocenters. The largest absolute Gasteiger partial charge is 0.460 e. The average Bonchev–Trinajstić information content (AvgIpc) is 2.38. The second-order valence-corrected chi connectivity index (χ2v) is 5.53. The van der Waals surface area contributed by atoms with Gasteiger partial charge in [-0.05, 0) is 44.5 Å². The van der Waals surface area contributed by atoms with E-state index < -0.39 is 5.60 Å². The van der Waals surface area contributed by atoms with Crippen molar-refractivity contribution in [1.29, 1.82) is 0 Å². The second-order valence-electron chi connectivity index (χ2n) is 5.53. The van der Waals surface area contributed by atoms with Gasteiger partial charge in [0.25, 0.3) is 0 Å². The topological polar surface area (TPSA) is 52.1 Å². The number of aromatic nitrogens is 2. The maximum atomic E-state index is 11.7. The summed E-state index contributed by atoms with van der Waals surface area (Å²) in [5.74, 6) is -0.245. The molecule has 0 aliphatic rings. The van der Waals surface area contributed by atoms with Gasteiger partial charge in [-0.15, -0.1) is 0 Å². The zero-order chi connectivity index (χ0) is 14.6. The first-order chi connectivity index (χ1) is 9.44. The number of carbonyl (C=O) groups excluding carboxylic acids is 1. The lowest BCUT2D eigenvalue weighted by molar-refractivity contribution is -0.153. The molecule has 0 aliphatic carbocycles. The number of nitrogens with zero attached hydrogens (tertiary/aromatic N) is 2. The van der Waals surface area contributed by atoms with E-state index in [1.807, 2.05) is 51.1 Å². The fraction of sp³-hybridized carbons (Fsp3) is 0.312. The van der Waals surface area contributed by atoms with Crippen LogP contribution in [0.25, 0.3) is 11.4 Å². The predicted octanol–water partition coefficient (Wildman–Crippen LogP) is 3.03. The Hall–Kier alpha value is -2.23. The first kappa shape index (κ1) is 14.2. The van der Waals surface area contributed by atoms with Crippen molar-refractivity contribution in [3.8, 4) is 11.4 Å². The van der Waals surface area contributed by atoms with Crippen LogP contribution in [0.5, 0.6) is 0 Å². The van der Waals surface area contributed by atoms with Crippen molar-refractivity contribution in [2.75, 3.05) is 0 Å². The number of pyridine rings is 2. The highest BCUT2D eigenvalue weighted by Crippen LogP contribution is 2.15. The molecule has 4 heteroatoms. The Balaban J connectivity index is 2.04. The van der Waals surface area contributed by atoms with Crippen LogP contribution in [-0.2, 0) is 16.0 Å². The van der Waals surface area contributed by atoms with Gasteiger partial charge in [0.2, 0.25) is 0 Å². The predicted molar refractivity (Wildman–Crippen MR) is 77.0 cm³/mol. The minimum absolute atomic E-state index is 0.229. The summed E-state index contributed by atoms with van der Waals surface area (Å²) < 4.78 is 5.28. The zero-order valence-corrected chi connectivity index (χ0v) is 12.0. The van der Waals surface area contributed by atoms with E-state index in [1.165, 1.54) is 0 Å². The smallest absolute Gasteiger partial charge is 0.310 e. The zero-order valence-electron chi connectivity index (χ0n) is 12.0. The maximum absolute atomic E-state index is 11.7. The first-order valence-electron chi connectivity index (χ1n) is 6.52. The molecular weight excluding hydrogens is 252 g/mol. The minimum Gasteiger partial charge on any atom is -0.460 e. The van der Waals surface area contributed by atoms with Gasteiger partial charge in [0, 0.05) is 12.4 Å². The van der Waals surface area contributed by atoms with Crippen molar-refractivity contribution in [3.63, 3.8) is 0 Å². The molecule has 0 N–H and O–H groups in total. The third-order valence-electron chi connectivity index (χ3n) is 2.52. The first-order valence-corrected chi connectivity index (χ1v) is 6.52. The molecule has 0 saturated heterocycles. The fourth-order valence-electron chi connectivity index (χ4n) is 1.74. The molecule has 0 unspecified atom stereocenters. The van der Waals surface area contributed by atoms with Crippen LogP contribution in [0.1, 0.15) is 26.3 Å². The molecule has 0 spiro atoms. The Labute approximate surface area is 118 Å². The normalized spacial score (nSPS) is 11.2. The molecule has 0 radical (unpaired) electrons. The van der Waals surface area contributed by atoms with Crippen LogP contribution in [0.15, 0.2) is 42.7 Å². The quantitative estimate of drug-likeness (QED) is 0.804. The van der Waals surface area contributed by atoms with Gasteiger partial charge in [0.15, 0.2) is 0 Å². The number of ether oxygens (including phenoxy) is 1. The van der Waals surface area contributed by atoms with Crippen LogP contribution in [0, 0.1) is 0 Å². The van der Waals surface area contributed by atoms with E-state index in [4.69, 9.17) is 4.74 Å². The van der Waals surface area contributed by atoms with E-state index in [-0.39, 0.29) is 12.4 Å². The van der Waals surface area contributed by atoms with E-state index in [0.29, 0.717) is 0 Å². The number of hydrogen-bond donors (Lipinski definition) is 0. The van der Waals surface area contributed by atoms with E-state index in [0.717, 1.165) is 17.0 Å². The molecule has 2 aromatic heterocycles. The van der Waals surface area contributed by atoms with Crippen LogP contribution in [0.4, 0.5) is 0 Å². The van der Waals surface area contributed by atoms with Gasteiger partial charge < -0.3 is 4.74 Å². The highest BCUT2D eigenvalue weighted by Gasteiger charge is 2.16. The van der Waals surface area contributed by atoms with E-state index in [2.05, 4.69) is 9.97 Å². The third kappa shape index (κ3) is 4.16. The summed E-state index contributed by atoms with van der Waals surface area (Å²) in [6, 6.07) is 9.41. The Morgan fingerprint density at radius 1 is 1.10 bits per heavy atom. The summed E-state index contributed by atoms with van der Waals surface area (Å²) in [5, 5.41) is 0. The number of rotatable bonds is 3. The van der Waals surface area contributed by atoms with Crippen molar-refractivity contribution in [2.45, 2.75) is 32.8 Å². The summed E-state index contributed by atoms with van der Waals surface area (Å²) >= 11 is 0. The standard InChI is InChI=1S/C16H18N2O2/c1-16(2,3)20-15(19)10-12-7-8-14(18-11-12)13-6-4-5-9-17-13/h4-9,11H,10H2,1-3H3. The molecule has 0 saturated carbocycles. The Morgan fingerprint density at radius 2 is 1.85 bits per heavy atom. The van der Waals surface area contributed by atoms with E-state index >= 15 is 0 Å². The van der Waals surface area contributed by atoms with Crippen molar-refractivity contribution in [3.05, 3.63) is 48.3 Å². The van der Waals surface area contributed by atoms with Gasteiger partial charge in [-0.3, -0.25) is 14.8 Å². The summed E-state index contributed by atoms with van der Waals surface area (Å²) in [6.07, 6.45) is 3.65. The molecule has 0 fully saturated rings. The minimum atomic E-state index is -0.460. The van der Waals surface area contributed by atoms with Crippen LogP contribution >= 0.6 is 0 Å². The molecule has 104 valence electrons. The van der Waals surface area contributed by atoms with Crippen LogP contribution in [0.2, 0.25) is 0 Å². The molecule has 4 nitrogen and oxygen atoms in total. The fourth-order valence-corrected chi connectivity index (χ4v) is 1.74. The highest BCUT2D eigenvalue weighted by molar-refractivity contribution is 5.73. The van der Waals surface area contributed by atoms with E-state index in [9.17, 15) is 4.79 Å². The van der Waals surface area contributed by atoms with Crippen molar-refractivity contribution >= 4 is 5.97 Å². The molecule has 0 aliphatic heterocycles. The number of esters is 1. The van der Waals surface area contributed by atoms with Crippen LogP contribution < -0.4 is 0 Å². The summed E-state index contributed by atoms with van der Waals surface area (Å²) in [6.45, 7) is 5.56. The van der Waals surface area contributed by atoms with Gasteiger partial charge in [-0.25, -0.2) is 0 Å². The SMILES string of the molecule is CC(C)(C)OC(=O)Cc1ccc(-c2ccccn2)nc1. The highest BCUT2D eigenvalue weighted by atomic mass is 16.6. The molecule has 0 bridgehead atoms. The molecule has 2 heterocycles. The summed E-state index contributed by atoms with van der Waals surface area (Å²) in [7, 11) is 0. The van der Waals surface area contributed by atoms with Gasteiger partial charge in [-0.2, -0.15) is 0 Å². The van der Waals surface area contributed by atoms with Crippen molar-refractivity contribution in [1.82, 2.24) is 9.97 Å². The number of hydrogen-bond acceptors (Lipinski definition) is 4. The van der Waals surface area contributed by atoms with Gasteiger partial charge in [0.1, 0.15) is 5.60 Å².